The van der Waals surface area contributed by atoms with Crippen molar-refractivity contribution in [2.24, 2.45) is 0 Å². The molecule has 0 aliphatic carbocycles. The molecule has 7 heteroatoms. The summed E-state index contributed by atoms with van der Waals surface area (Å²) >= 11 is 0. The predicted octanol–water partition coefficient (Wildman–Crippen LogP) is 4.85. The van der Waals surface area contributed by atoms with E-state index < -0.39 is 0 Å². The number of pyridine rings is 2. The van der Waals surface area contributed by atoms with Crippen LogP contribution < -0.4 is 15.6 Å². The second-order valence-electron chi connectivity index (χ2n) is 8.95. The van der Waals surface area contributed by atoms with Crippen LogP contribution in [0.2, 0.25) is 0 Å². The number of aromatic amines is 1. The molecule has 1 amide bonds. The van der Waals surface area contributed by atoms with E-state index in [2.05, 4.69) is 58.8 Å². The maximum atomic E-state index is 13.0. The lowest BCUT2D eigenvalue weighted by molar-refractivity contribution is -0.120. The van der Waals surface area contributed by atoms with Crippen molar-refractivity contribution in [2.45, 2.75) is 53.1 Å². The quantitative estimate of drug-likeness (QED) is 0.384. The van der Waals surface area contributed by atoms with Gasteiger partial charge in [0.05, 0.1) is 25.6 Å². The number of methoxy groups -OCH3 is 1. The van der Waals surface area contributed by atoms with E-state index in [1.807, 2.05) is 18.3 Å². The number of fused-ring (bicyclic) bond motifs is 1. The Morgan fingerprint density at radius 3 is 2.66 bits per heavy atom. The zero-order valence-electron chi connectivity index (χ0n) is 20.9. The third kappa shape index (κ3) is 4.85. The van der Waals surface area contributed by atoms with E-state index in [0.29, 0.717) is 17.0 Å². The number of carbonyl (C=O) groups is 1. The molecule has 7 nitrogen and oxygen atoms in total. The Hall–Kier alpha value is -3.87. The number of H-pyrrole nitrogens is 1. The maximum Gasteiger partial charge on any atom is 0.256 e. The highest BCUT2D eigenvalue weighted by Gasteiger charge is 2.20. The summed E-state index contributed by atoms with van der Waals surface area (Å²) in [6.07, 6.45) is 4.83. The maximum absolute atomic E-state index is 13.0. The van der Waals surface area contributed by atoms with Crippen LogP contribution in [-0.4, -0.2) is 27.6 Å². The van der Waals surface area contributed by atoms with Crippen molar-refractivity contribution in [1.82, 2.24) is 19.9 Å². The van der Waals surface area contributed by atoms with E-state index in [9.17, 15) is 9.59 Å². The zero-order valence-corrected chi connectivity index (χ0v) is 20.9. The van der Waals surface area contributed by atoms with Gasteiger partial charge in [-0.2, -0.15) is 0 Å². The molecule has 4 rings (SSSR count). The summed E-state index contributed by atoms with van der Waals surface area (Å²) < 4.78 is 7.67. The SMILES string of the molecule is CCC(C)n1c(C)c(CC(=O)NCc2c(OC)cc(C)[nH]c2=O)c2ccc(-c3cccnc3)cc21. The number of aryl methyl sites for hydroxylation is 1. The molecule has 3 aromatic heterocycles. The lowest BCUT2D eigenvalue weighted by Crippen LogP contribution is -2.28. The molecule has 0 aliphatic rings. The van der Waals surface area contributed by atoms with Crippen molar-refractivity contribution in [3.05, 3.63) is 81.7 Å². The summed E-state index contributed by atoms with van der Waals surface area (Å²) in [4.78, 5) is 32.4. The molecule has 1 unspecified atom stereocenters. The fraction of sp³-hybridized carbons (Fsp3) is 0.321. The van der Waals surface area contributed by atoms with Gasteiger partial charge in [-0.3, -0.25) is 14.6 Å². The molecule has 0 fully saturated rings. The Morgan fingerprint density at radius 1 is 1.17 bits per heavy atom. The molecule has 35 heavy (non-hydrogen) atoms. The molecule has 3 heterocycles. The van der Waals surface area contributed by atoms with Crippen LogP contribution in [0.3, 0.4) is 0 Å². The first-order valence-electron chi connectivity index (χ1n) is 11.9. The number of amides is 1. The van der Waals surface area contributed by atoms with E-state index in [-0.39, 0.29) is 30.5 Å². The van der Waals surface area contributed by atoms with Crippen LogP contribution in [-0.2, 0) is 17.8 Å². The van der Waals surface area contributed by atoms with Gasteiger partial charge in [0.15, 0.2) is 0 Å². The molecular formula is C28H32N4O3. The smallest absolute Gasteiger partial charge is 0.256 e. The number of nitrogens with one attached hydrogen (secondary N) is 2. The van der Waals surface area contributed by atoms with Crippen molar-refractivity contribution < 1.29 is 9.53 Å². The second-order valence-corrected chi connectivity index (χ2v) is 8.95. The Kier molecular flexibility index (Phi) is 7.05. The summed E-state index contributed by atoms with van der Waals surface area (Å²) in [6.45, 7) is 8.34. The van der Waals surface area contributed by atoms with Crippen LogP contribution in [0, 0.1) is 13.8 Å². The zero-order chi connectivity index (χ0) is 25.1. The van der Waals surface area contributed by atoms with Gasteiger partial charge in [-0.1, -0.05) is 25.1 Å². The monoisotopic (exact) mass is 472 g/mol. The Labute approximate surface area is 205 Å². The lowest BCUT2D eigenvalue weighted by Gasteiger charge is -2.16. The van der Waals surface area contributed by atoms with Crippen LogP contribution in [0.15, 0.2) is 53.6 Å². The van der Waals surface area contributed by atoms with Crippen molar-refractivity contribution in [3.63, 3.8) is 0 Å². The molecular weight excluding hydrogens is 440 g/mol. The lowest BCUT2D eigenvalue weighted by atomic mass is 10.0. The number of benzene rings is 1. The molecule has 0 bridgehead atoms. The van der Waals surface area contributed by atoms with Crippen LogP contribution in [0.25, 0.3) is 22.0 Å². The van der Waals surface area contributed by atoms with E-state index in [1.165, 1.54) is 7.11 Å². The first kappa shape index (κ1) is 24.3. The molecule has 4 aromatic rings. The standard InChI is InChI=1S/C28H32N4O3/c1-6-18(3)32-19(4)23(22-10-9-20(13-25(22)32)21-8-7-11-29-15-21)14-27(33)30-16-24-26(35-5)12-17(2)31-28(24)34/h7-13,15,18H,6,14,16H2,1-5H3,(H,30,33)(H,31,34). The van der Waals surface area contributed by atoms with E-state index >= 15 is 0 Å². The van der Waals surface area contributed by atoms with Crippen molar-refractivity contribution >= 4 is 16.8 Å². The minimum Gasteiger partial charge on any atom is -0.496 e. The first-order chi connectivity index (χ1) is 16.8. The van der Waals surface area contributed by atoms with Gasteiger partial charge in [0.25, 0.3) is 5.56 Å². The number of ether oxygens (including phenoxy) is 1. The average molecular weight is 473 g/mol. The van der Waals surface area contributed by atoms with Crippen LogP contribution in [0.4, 0.5) is 0 Å². The largest absolute Gasteiger partial charge is 0.496 e. The minimum atomic E-state index is -0.255. The third-order valence-corrected chi connectivity index (χ3v) is 6.66. The Bertz CT molecular complexity index is 1420. The summed E-state index contributed by atoms with van der Waals surface area (Å²) in [5.74, 6) is 0.328. The van der Waals surface area contributed by atoms with Crippen LogP contribution in [0.5, 0.6) is 5.75 Å². The van der Waals surface area contributed by atoms with Gasteiger partial charge in [-0.05, 0) is 56.5 Å². The van der Waals surface area contributed by atoms with Crippen molar-refractivity contribution in [2.75, 3.05) is 7.11 Å². The normalized spacial score (nSPS) is 12.0. The van der Waals surface area contributed by atoms with Crippen LogP contribution in [0.1, 0.15) is 48.8 Å². The highest BCUT2D eigenvalue weighted by molar-refractivity contribution is 5.93. The number of carbonyl (C=O) groups excluding carboxylic acids is 1. The molecule has 1 atom stereocenters. The minimum absolute atomic E-state index is 0.103. The predicted molar refractivity (Wildman–Crippen MR) is 139 cm³/mol. The average Bonchev–Trinajstić information content (AvgIpc) is 3.13. The summed E-state index contributed by atoms with van der Waals surface area (Å²) in [7, 11) is 1.52. The Balaban J connectivity index is 1.66. The third-order valence-electron chi connectivity index (χ3n) is 6.66. The number of nitrogens with zero attached hydrogens (tertiary/aromatic N) is 2. The van der Waals surface area contributed by atoms with Gasteiger partial charge in [-0.25, -0.2) is 0 Å². The van der Waals surface area contributed by atoms with Crippen molar-refractivity contribution in [1.29, 1.82) is 0 Å². The van der Waals surface area contributed by atoms with Gasteiger partial charge in [0, 0.05) is 46.3 Å². The highest BCUT2D eigenvalue weighted by atomic mass is 16.5. The number of hydrogen-bond acceptors (Lipinski definition) is 4. The molecule has 0 spiro atoms. The van der Waals surface area contributed by atoms with E-state index in [0.717, 1.165) is 39.7 Å². The molecule has 0 aliphatic heterocycles. The number of rotatable bonds is 8. The first-order valence-corrected chi connectivity index (χ1v) is 11.9. The fourth-order valence-electron chi connectivity index (χ4n) is 4.64. The molecule has 0 saturated carbocycles. The summed E-state index contributed by atoms with van der Waals surface area (Å²) in [5.41, 5.74) is 6.20. The van der Waals surface area contributed by atoms with Gasteiger partial charge in [0.2, 0.25) is 5.91 Å². The molecule has 0 radical (unpaired) electrons. The number of aromatic nitrogens is 3. The summed E-state index contributed by atoms with van der Waals surface area (Å²) in [5, 5.41) is 3.97. The molecule has 2 N–H and O–H groups in total. The van der Waals surface area contributed by atoms with Gasteiger partial charge < -0.3 is 19.6 Å². The molecule has 182 valence electrons. The van der Waals surface area contributed by atoms with Gasteiger partial charge in [0.1, 0.15) is 5.75 Å². The summed E-state index contributed by atoms with van der Waals surface area (Å²) in [6, 6.07) is 12.4. The topological polar surface area (TPSA) is 89.0 Å². The van der Waals surface area contributed by atoms with Gasteiger partial charge >= 0.3 is 0 Å². The number of hydrogen-bond donors (Lipinski definition) is 2. The Morgan fingerprint density at radius 2 is 1.97 bits per heavy atom. The van der Waals surface area contributed by atoms with E-state index in [4.69, 9.17) is 4.74 Å². The molecule has 1 aromatic carbocycles. The fourth-order valence-corrected chi connectivity index (χ4v) is 4.64. The van der Waals surface area contributed by atoms with E-state index in [1.54, 1.807) is 19.2 Å². The van der Waals surface area contributed by atoms with Crippen molar-refractivity contribution in [3.8, 4) is 16.9 Å². The molecule has 0 saturated heterocycles. The van der Waals surface area contributed by atoms with Gasteiger partial charge in [-0.15, -0.1) is 0 Å². The second kappa shape index (κ2) is 10.2. The van der Waals surface area contributed by atoms with Crippen LogP contribution >= 0.6 is 0 Å². The highest BCUT2D eigenvalue weighted by Crippen LogP contribution is 2.33.